The van der Waals surface area contributed by atoms with Crippen molar-refractivity contribution in [1.29, 1.82) is 0 Å². The first kappa shape index (κ1) is 15.3. The van der Waals surface area contributed by atoms with Gasteiger partial charge in [-0.15, -0.1) is 0 Å². The summed E-state index contributed by atoms with van der Waals surface area (Å²) >= 11 is 0. The molecule has 1 fully saturated rings. The quantitative estimate of drug-likeness (QED) is 0.613. The summed E-state index contributed by atoms with van der Waals surface area (Å²) in [5.74, 6) is 0.579. The highest BCUT2D eigenvalue weighted by molar-refractivity contribution is 7.92. The normalized spacial score (nSPS) is 19.1. The van der Waals surface area contributed by atoms with Gasteiger partial charge in [-0.05, 0) is 26.7 Å². The lowest BCUT2D eigenvalue weighted by atomic mass is 10.2. The Bertz CT molecular complexity index is 369. The van der Waals surface area contributed by atoms with Crippen molar-refractivity contribution in [3.63, 3.8) is 0 Å². The fraction of sp³-hybridized carbons (Fsp3) is 0.917. The van der Waals surface area contributed by atoms with Crippen LogP contribution in [0.15, 0.2) is 4.99 Å². The minimum Gasteiger partial charge on any atom is -0.370 e. The van der Waals surface area contributed by atoms with Crippen LogP contribution in [-0.2, 0) is 9.84 Å². The van der Waals surface area contributed by atoms with E-state index >= 15 is 0 Å². The van der Waals surface area contributed by atoms with E-state index in [2.05, 4.69) is 9.89 Å². The number of sulfone groups is 1. The Morgan fingerprint density at radius 2 is 1.78 bits per heavy atom. The van der Waals surface area contributed by atoms with Crippen LogP contribution in [0.4, 0.5) is 0 Å². The molecule has 1 aliphatic heterocycles. The zero-order valence-corrected chi connectivity index (χ0v) is 12.2. The summed E-state index contributed by atoms with van der Waals surface area (Å²) in [7, 11) is -3.01. The number of likely N-dealkylation sites (tertiary alicyclic amines) is 1. The largest absolute Gasteiger partial charge is 0.370 e. The zero-order valence-electron chi connectivity index (χ0n) is 11.4. The van der Waals surface area contributed by atoms with Crippen LogP contribution in [0.1, 0.15) is 39.5 Å². The van der Waals surface area contributed by atoms with E-state index in [1.165, 1.54) is 12.8 Å². The monoisotopic (exact) mass is 275 g/mol. The minimum absolute atomic E-state index is 0.0825. The Balaban J connectivity index is 2.46. The van der Waals surface area contributed by atoms with Crippen LogP contribution in [0.25, 0.3) is 0 Å². The molecule has 0 atom stereocenters. The molecule has 0 radical (unpaired) electrons. The number of hydrogen-bond acceptors (Lipinski definition) is 3. The van der Waals surface area contributed by atoms with E-state index in [-0.39, 0.29) is 17.5 Å². The molecule has 1 aliphatic rings. The van der Waals surface area contributed by atoms with Crippen molar-refractivity contribution in [2.24, 2.45) is 10.7 Å². The minimum atomic E-state index is -3.01. The van der Waals surface area contributed by atoms with Crippen LogP contribution in [0.3, 0.4) is 0 Å². The molecule has 0 amide bonds. The van der Waals surface area contributed by atoms with E-state index in [1.807, 2.05) is 0 Å². The molecule has 1 heterocycles. The lowest BCUT2D eigenvalue weighted by Crippen LogP contribution is -2.38. The molecule has 0 saturated carbocycles. The average Bonchev–Trinajstić information content (AvgIpc) is 2.56. The summed E-state index contributed by atoms with van der Waals surface area (Å²) in [4.78, 5) is 6.26. The maximum absolute atomic E-state index is 11.6. The van der Waals surface area contributed by atoms with Gasteiger partial charge in [-0.25, -0.2) is 8.42 Å². The summed E-state index contributed by atoms with van der Waals surface area (Å²) < 4.78 is 23.2. The van der Waals surface area contributed by atoms with Crippen molar-refractivity contribution >= 4 is 15.8 Å². The van der Waals surface area contributed by atoms with E-state index < -0.39 is 9.84 Å². The molecule has 106 valence electrons. The van der Waals surface area contributed by atoms with Crippen molar-refractivity contribution in [3.05, 3.63) is 0 Å². The number of hydrogen-bond donors (Lipinski definition) is 1. The Hall–Kier alpha value is -0.780. The van der Waals surface area contributed by atoms with Gasteiger partial charge in [0.05, 0.1) is 17.5 Å². The van der Waals surface area contributed by atoms with Gasteiger partial charge >= 0.3 is 0 Å². The first-order valence-electron chi connectivity index (χ1n) is 6.70. The second kappa shape index (κ2) is 6.97. The maximum atomic E-state index is 11.6. The maximum Gasteiger partial charge on any atom is 0.191 e. The van der Waals surface area contributed by atoms with Gasteiger partial charge in [0.15, 0.2) is 15.8 Å². The van der Waals surface area contributed by atoms with Crippen LogP contribution in [0.2, 0.25) is 0 Å². The first-order chi connectivity index (χ1) is 8.43. The Morgan fingerprint density at radius 1 is 1.22 bits per heavy atom. The van der Waals surface area contributed by atoms with E-state index in [0.717, 1.165) is 25.9 Å². The third kappa shape index (κ3) is 4.84. The van der Waals surface area contributed by atoms with Crippen molar-refractivity contribution < 1.29 is 8.42 Å². The number of aliphatic imine (C=N–C) groups is 1. The molecule has 5 nitrogen and oxygen atoms in total. The highest BCUT2D eigenvalue weighted by Gasteiger charge is 2.16. The fourth-order valence-corrected chi connectivity index (χ4v) is 2.74. The highest BCUT2D eigenvalue weighted by Crippen LogP contribution is 2.09. The van der Waals surface area contributed by atoms with Crippen molar-refractivity contribution in [2.75, 3.05) is 25.4 Å². The number of nitrogens with two attached hydrogens (primary N) is 1. The Morgan fingerprint density at radius 3 is 2.28 bits per heavy atom. The van der Waals surface area contributed by atoms with Crippen LogP contribution >= 0.6 is 0 Å². The molecule has 1 saturated heterocycles. The third-order valence-electron chi connectivity index (χ3n) is 3.30. The second-order valence-corrected chi connectivity index (χ2v) is 7.73. The molecule has 0 aromatic heterocycles. The molecule has 18 heavy (non-hydrogen) atoms. The van der Waals surface area contributed by atoms with Gasteiger partial charge < -0.3 is 10.6 Å². The summed E-state index contributed by atoms with van der Waals surface area (Å²) in [6.07, 6.45) is 4.76. The standard InChI is InChI=1S/C12H25N3O2S/c1-11(2)18(16,17)10-7-14-12(13)15-8-5-3-4-6-9-15/h11H,3-10H2,1-2H3,(H2,13,14). The van der Waals surface area contributed by atoms with Crippen molar-refractivity contribution in [2.45, 2.75) is 44.8 Å². The smallest absolute Gasteiger partial charge is 0.191 e. The molecular formula is C12H25N3O2S. The summed E-state index contributed by atoms with van der Waals surface area (Å²) in [6.45, 7) is 5.52. The predicted molar refractivity (Wildman–Crippen MR) is 75.5 cm³/mol. The average molecular weight is 275 g/mol. The van der Waals surface area contributed by atoms with Gasteiger partial charge in [-0.2, -0.15) is 0 Å². The van der Waals surface area contributed by atoms with Crippen LogP contribution in [-0.4, -0.2) is 49.9 Å². The van der Waals surface area contributed by atoms with Crippen molar-refractivity contribution in [1.82, 2.24) is 4.90 Å². The van der Waals surface area contributed by atoms with E-state index in [9.17, 15) is 8.42 Å². The Kier molecular flexibility index (Phi) is 5.91. The van der Waals surface area contributed by atoms with E-state index in [0.29, 0.717) is 5.96 Å². The first-order valence-corrected chi connectivity index (χ1v) is 8.41. The van der Waals surface area contributed by atoms with E-state index in [1.54, 1.807) is 13.8 Å². The van der Waals surface area contributed by atoms with Crippen LogP contribution in [0, 0.1) is 0 Å². The number of nitrogens with zero attached hydrogens (tertiary/aromatic N) is 2. The summed E-state index contributed by atoms with van der Waals surface area (Å²) in [5.41, 5.74) is 5.90. The molecule has 6 heteroatoms. The molecule has 0 aliphatic carbocycles. The van der Waals surface area contributed by atoms with E-state index in [4.69, 9.17) is 5.73 Å². The van der Waals surface area contributed by atoms with Gasteiger partial charge in [-0.1, -0.05) is 12.8 Å². The number of rotatable bonds is 4. The SMILES string of the molecule is CC(C)S(=O)(=O)CCN=C(N)N1CCCCCC1. The molecular weight excluding hydrogens is 250 g/mol. The molecule has 0 unspecified atom stereocenters. The third-order valence-corrected chi connectivity index (χ3v) is 5.49. The molecule has 0 bridgehead atoms. The van der Waals surface area contributed by atoms with Gasteiger partial charge in [0.1, 0.15) is 0 Å². The van der Waals surface area contributed by atoms with Crippen molar-refractivity contribution in [3.8, 4) is 0 Å². The fourth-order valence-electron chi connectivity index (χ4n) is 1.92. The molecule has 1 rings (SSSR count). The van der Waals surface area contributed by atoms with Crippen LogP contribution in [0.5, 0.6) is 0 Å². The highest BCUT2D eigenvalue weighted by atomic mass is 32.2. The lowest BCUT2D eigenvalue weighted by Gasteiger charge is -2.21. The van der Waals surface area contributed by atoms with Gasteiger partial charge in [0, 0.05) is 13.1 Å². The van der Waals surface area contributed by atoms with Crippen LogP contribution < -0.4 is 5.73 Å². The van der Waals surface area contributed by atoms with Gasteiger partial charge in [0.2, 0.25) is 0 Å². The molecule has 2 N–H and O–H groups in total. The molecule has 0 aromatic rings. The second-order valence-electron chi connectivity index (χ2n) is 5.06. The molecule has 0 aromatic carbocycles. The topological polar surface area (TPSA) is 75.8 Å². The summed E-state index contributed by atoms with van der Waals surface area (Å²) in [6, 6.07) is 0. The predicted octanol–water partition coefficient (Wildman–Crippen LogP) is 1.00. The van der Waals surface area contributed by atoms with Gasteiger partial charge in [0.25, 0.3) is 0 Å². The molecule has 0 spiro atoms. The number of guanidine groups is 1. The summed E-state index contributed by atoms with van der Waals surface area (Å²) in [5, 5.41) is -0.341. The zero-order chi connectivity index (χ0) is 13.6. The van der Waals surface area contributed by atoms with Gasteiger partial charge in [-0.3, -0.25) is 4.99 Å². The lowest BCUT2D eigenvalue weighted by molar-refractivity contribution is 0.429. The Labute approximate surface area is 110 Å².